The molecule has 1 aliphatic rings. The largest absolute Gasteiger partial charge is 0.396 e. The highest BCUT2D eigenvalue weighted by Crippen LogP contribution is 2.36. The van der Waals surface area contributed by atoms with Crippen LogP contribution in [0.1, 0.15) is 12.0 Å². The molecule has 28 heavy (non-hydrogen) atoms. The molecule has 2 heterocycles. The highest BCUT2D eigenvalue weighted by atomic mass is 19.1. The fourth-order valence-electron chi connectivity index (χ4n) is 3.75. The molecule has 1 saturated heterocycles. The Labute approximate surface area is 162 Å². The minimum atomic E-state index is -0.794. The molecule has 0 bridgehead atoms. The van der Waals surface area contributed by atoms with Gasteiger partial charge in [-0.25, -0.2) is 4.39 Å². The van der Waals surface area contributed by atoms with Crippen LogP contribution in [0.4, 0.5) is 10.4 Å². The number of hydrogen-bond donors (Lipinski definition) is 2. The number of hydrogen-bond acceptors (Lipinski definition) is 6. The number of benzene rings is 2. The third-order valence-electron chi connectivity index (χ3n) is 5.39. The SMILES string of the molecule is OC[C@]1(Cc2ccc(F)cc2)CN(c2nc(-c3ccccc3)no2)CC[C@@H]1O. The first-order chi connectivity index (χ1) is 13.6. The molecule has 2 atom stereocenters. The van der Waals surface area contributed by atoms with Crippen LogP contribution in [0.2, 0.25) is 0 Å². The molecule has 0 unspecified atom stereocenters. The van der Waals surface area contributed by atoms with Crippen molar-refractivity contribution in [3.63, 3.8) is 0 Å². The van der Waals surface area contributed by atoms with Gasteiger partial charge in [-0.05, 0) is 30.5 Å². The molecule has 0 spiro atoms. The maximum Gasteiger partial charge on any atom is 0.324 e. The molecule has 1 aliphatic heterocycles. The summed E-state index contributed by atoms with van der Waals surface area (Å²) in [7, 11) is 0. The normalized spacial score (nSPS) is 22.4. The summed E-state index contributed by atoms with van der Waals surface area (Å²) in [6.45, 7) is 0.697. The quantitative estimate of drug-likeness (QED) is 0.705. The number of anilines is 1. The Morgan fingerprint density at radius 2 is 1.89 bits per heavy atom. The summed E-state index contributed by atoms with van der Waals surface area (Å²) >= 11 is 0. The van der Waals surface area contributed by atoms with Gasteiger partial charge in [-0.1, -0.05) is 47.6 Å². The summed E-state index contributed by atoms with van der Waals surface area (Å²) in [6.07, 6.45) is 0.196. The minimum Gasteiger partial charge on any atom is -0.396 e. The fourth-order valence-corrected chi connectivity index (χ4v) is 3.75. The van der Waals surface area contributed by atoms with Crippen LogP contribution in [-0.4, -0.2) is 46.2 Å². The maximum atomic E-state index is 13.2. The van der Waals surface area contributed by atoms with E-state index in [0.29, 0.717) is 37.8 Å². The van der Waals surface area contributed by atoms with Gasteiger partial charge in [-0.15, -0.1) is 0 Å². The summed E-state index contributed by atoms with van der Waals surface area (Å²) in [5.41, 5.74) is 0.915. The van der Waals surface area contributed by atoms with Gasteiger partial charge in [-0.3, -0.25) is 0 Å². The average Bonchev–Trinajstić information content (AvgIpc) is 3.22. The zero-order valence-corrected chi connectivity index (χ0v) is 15.3. The monoisotopic (exact) mass is 383 g/mol. The van der Waals surface area contributed by atoms with Gasteiger partial charge in [0.15, 0.2) is 0 Å². The highest BCUT2D eigenvalue weighted by molar-refractivity contribution is 5.55. The minimum absolute atomic E-state index is 0.207. The van der Waals surface area contributed by atoms with Gasteiger partial charge in [0.05, 0.1) is 12.7 Å². The summed E-state index contributed by atoms with van der Waals surface area (Å²) in [6, 6.07) is 16.0. The Hall–Kier alpha value is -2.77. The summed E-state index contributed by atoms with van der Waals surface area (Å²) in [4.78, 5) is 6.38. The number of aromatic nitrogens is 2. The van der Waals surface area contributed by atoms with Crippen molar-refractivity contribution in [2.45, 2.75) is 18.9 Å². The van der Waals surface area contributed by atoms with Crippen molar-refractivity contribution in [3.05, 3.63) is 66.0 Å². The van der Waals surface area contributed by atoms with Crippen molar-refractivity contribution in [3.8, 4) is 11.4 Å². The van der Waals surface area contributed by atoms with Crippen molar-refractivity contribution < 1.29 is 19.1 Å². The number of piperidine rings is 1. The van der Waals surface area contributed by atoms with Gasteiger partial charge in [0.25, 0.3) is 0 Å². The van der Waals surface area contributed by atoms with Crippen LogP contribution in [0.15, 0.2) is 59.1 Å². The molecule has 146 valence electrons. The van der Waals surface area contributed by atoms with E-state index in [1.165, 1.54) is 12.1 Å². The van der Waals surface area contributed by atoms with Crippen LogP contribution in [0, 0.1) is 11.2 Å². The third-order valence-corrected chi connectivity index (χ3v) is 5.39. The van der Waals surface area contributed by atoms with E-state index >= 15 is 0 Å². The van der Waals surface area contributed by atoms with Gasteiger partial charge in [-0.2, -0.15) is 4.98 Å². The Bertz CT molecular complexity index is 916. The molecule has 0 amide bonds. The molecule has 0 saturated carbocycles. The first kappa shape index (κ1) is 18.6. The van der Waals surface area contributed by atoms with Gasteiger partial charge in [0, 0.05) is 24.1 Å². The molecule has 2 aromatic carbocycles. The van der Waals surface area contributed by atoms with Crippen LogP contribution in [0.5, 0.6) is 0 Å². The number of nitrogens with zero attached hydrogens (tertiary/aromatic N) is 3. The van der Waals surface area contributed by atoms with E-state index in [0.717, 1.165) is 11.1 Å². The number of aliphatic hydroxyl groups excluding tert-OH is 2. The molecule has 2 N–H and O–H groups in total. The van der Waals surface area contributed by atoms with E-state index in [1.54, 1.807) is 12.1 Å². The van der Waals surface area contributed by atoms with E-state index in [9.17, 15) is 14.6 Å². The van der Waals surface area contributed by atoms with E-state index in [-0.39, 0.29) is 12.4 Å². The second-order valence-corrected chi connectivity index (χ2v) is 7.32. The predicted molar refractivity (Wildman–Crippen MR) is 102 cm³/mol. The lowest BCUT2D eigenvalue weighted by atomic mass is 9.73. The molecule has 1 aromatic heterocycles. The zero-order chi connectivity index (χ0) is 19.6. The van der Waals surface area contributed by atoms with E-state index < -0.39 is 11.5 Å². The molecule has 4 rings (SSSR count). The van der Waals surface area contributed by atoms with Crippen molar-refractivity contribution >= 4 is 6.01 Å². The summed E-state index contributed by atoms with van der Waals surface area (Å²) in [5, 5.41) is 24.9. The van der Waals surface area contributed by atoms with Crippen molar-refractivity contribution in [1.29, 1.82) is 0 Å². The molecular formula is C21H22FN3O3. The highest BCUT2D eigenvalue weighted by Gasteiger charge is 2.43. The first-order valence-corrected chi connectivity index (χ1v) is 9.27. The second kappa shape index (κ2) is 7.69. The summed E-state index contributed by atoms with van der Waals surface area (Å²) < 4.78 is 18.7. The van der Waals surface area contributed by atoms with E-state index in [1.807, 2.05) is 35.2 Å². The topological polar surface area (TPSA) is 82.6 Å². The Balaban J connectivity index is 1.57. The van der Waals surface area contributed by atoms with Gasteiger partial charge in [0.2, 0.25) is 5.82 Å². The van der Waals surface area contributed by atoms with Crippen LogP contribution in [0.3, 0.4) is 0 Å². The maximum absolute atomic E-state index is 13.2. The average molecular weight is 383 g/mol. The third kappa shape index (κ3) is 3.63. The van der Waals surface area contributed by atoms with Crippen LogP contribution in [-0.2, 0) is 6.42 Å². The van der Waals surface area contributed by atoms with Crippen molar-refractivity contribution in [2.24, 2.45) is 5.41 Å². The fraction of sp³-hybridized carbons (Fsp3) is 0.333. The first-order valence-electron chi connectivity index (χ1n) is 9.27. The smallest absolute Gasteiger partial charge is 0.324 e. The van der Waals surface area contributed by atoms with Crippen molar-refractivity contribution in [2.75, 3.05) is 24.6 Å². The summed E-state index contributed by atoms with van der Waals surface area (Å²) in [5.74, 6) is 0.182. The molecule has 0 radical (unpaired) electrons. The lowest BCUT2D eigenvalue weighted by molar-refractivity contribution is -0.0302. The van der Waals surface area contributed by atoms with Gasteiger partial charge in [0.1, 0.15) is 5.82 Å². The Morgan fingerprint density at radius 3 is 2.61 bits per heavy atom. The molecule has 0 aliphatic carbocycles. The lowest BCUT2D eigenvalue weighted by Gasteiger charge is -2.44. The van der Waals surface area contributed by atoms with Gasteiger partial charge < -0.3 is 19.6 Å². The molecular weight excluding hydrogens is 361 g/mol. The molecule has 7 heteroatoms. The molecule has 1 fully saturated rings. The predicted octanol–water partition coefficient (Wildman–Crippen LogP) is 2.67. The molecule has 3 aromatic rings. The standard InChI is InChI=1S/C21H22FN3O3/c22-17-8-6-15(7-9-17)12-21(14-26)13-25(11-10-18(21)27)20-23-19(24-28-20)16-4-2-1-3-5-16/h1-9,18,26-27H,10-14H2/t18-,21-/m0/s1. The van der Waals surface area contributed by atoms with E-state index in [2.05, 4.69) is 10.1 Å². The zero-order valence-electron chi connectivity index (χ0n) is 15.3. The number of aliphatic hydroxyl groups is 2. The Kier molecular flexibility index (Phi) is 5.11. The van der Waals surface area contributed by atoms with Gasteiger partial charge >= 0.3 is 6.01 Å². The van der Waals surface area contributed by atoms with Crippen LogP contribution in [0.25, 0.3) is 11.4 Å². The number of halogens is 1. The lowest BCUT2D eigenvalue weighted by Crippen LogP contribution is -2.55. The second-order valence-electron chi connectivity index (χ2n) is 7.32. The van der Waals surface area contributed by atoms with Crippen LogP contribution < -0.4 is 4.90 Å². The van der Waals surface area contributed by atoms with E-state index in [4.69, 9.17) is 4.52 Å². The molecule has 6 nitrogen and oxygen atoms in total. The van der Waals surface area contributed by atoms with Crippen molar-refractivity contribution in [1.82, 2.24) is 10.1 Å². The Morgan fingerprint density at radius 1 is 1.14 bits per heavy atom. The number of rotatable bonds is 5. The van der Waals surface area contributed by atoms with Crippen LogP contribution >= 0.6 is 0 Å².